The van der Waals surface area contributed by atoms with Gasteiger partial charge in [-0.1, -0.05) is 23.9 Å². The Kier molecular flexibility index (Phi) is 4.06. The standard InChI is InChI=1S/C18H17FN4S/c1-12(13-8-10-20-11-9-13)24-18-22-21-17(23(18)14-6-7-14)15-4-2-3-5-16(15)19/h2-5,8-12,14H,6-7H2,1H3. The van der Waals surface area contributed by atoms with Crippen LogP contribution in [0.2, 0.25) is 0 Å². The topological polar surface area (TPSA) is 43.6 Å². The summed E-state index contributed by atoms with van der Waals surface area (Å²) in [5, 5.41) is 9.72. The van der Waals surface area contributed by atoms with Crippen LogP contribution in [0.25, 0.3) is 11.4 Å². The van der Waals surface area contributed by atoms with Crippen LogP contribution < -0.4 is 0 Å². The maximum absolute atomic E-state index is 14.2. The molecule has 0 saturated heterocycles. The predicted molar refractivity (Wildman–Crippen MR) is 92.2 cm³/mol. The molecule has 1 atom stereocenters. The molecule has 3 aromatic rings. The third-order valence-corrected chi connectivity index (χ3v) is 5.26. The summed E-state index contributed by atoms with van der Waals surface area (Å²) < 4.78 is 16.3. The summed E-state index contributed by atoms with van der Waals surface area (Å²) in [5.74, 6) is 0.366. The fourth-order valence-electron chi connectivity index (χ4n) is 2.71. The minimum atomic E-state index is -0.259. The van der Waals surface area contributed by atoms with Crippen molar-refractivity contribution >= 4 is 11.8 Å². The number of thioether (sulfide) groups is 1. The van der Waals surface area contributed by atoms with E-state index in [0.29, 0.717) is 17.4 Å². The molecule has 122 valence electrons. The molecule has 1 saturated carbocycles. The van der Waals surface area contributed by atoms with E-state index in [1.54, 1.807) is 36.3 Å². The molecule has 6 heteroatoms. The minimum Gasteiger partial charge on any atom is -0.299 e. The van der Waals surface area contributed by atoms with Crippen molar-refractivity contribution in [3.8, 4) is 11.4 Å². The third-order valence-electron chi connectivity index (χ3n) is 4.15. The van der Waals surface area contributed by atoms with Gasteiger partial charge in [0.05, 0.1) is 5.56 Å². The van der Waals surface area contributed by atoms with Crippen LogP contribution in [-0.2, 0) is 0 Å². The molecule has 0 radical (unpaired) electrons. The van der Waals surface area contributed by atoms with Gasteiger partial charge in [-0.3, -0.25) is 9.55 Å². The summed E-state index contributed by atoms with van der Waals surface area (Å²) in [6, 6.07) is 11.1. The largest absolute Gasteiger partial charge is 0.299 e. The second-order valence-corrected chi connectivity index (χ2v) is 7.24. The molecular weight excluding hydrogens is 323 g/mol. The van der Waals surface area contributed by atoms with Crippen LogP contribution in [0, 0.1) is 5.82 Å². The van der Waals surface area contributed by atoms with Gasteiger partial charge in [0.25, 0.3) is 0 Å². The van der Waals surface area contributed by atoms with E-state index in [1.165, 1.54) is 11.6 Å². The Balaban J connectivity index is 1.69. The summed E-state index contributed by atoms with van der Waals surface area (Å²) in [6.07, 6.45) is 5.78. The molecule has 4 nitrogen and oxygen atoms in total. The molecule has 0 bridgehead atoms. The van der Waals surface area contributed by atoms with Crippen LogP contribution in [0.5, 0.6) is 0 Å². The first-order chi connectivity index (χ1) is 11.7. The van der Waals surface area contributed by atoms with Crippen molar-refractivity contribution in [3.63, 3.8) is 0 Å². The molecule has 1 unspecified atom stereocenters. The van der Waals surface area contributed by atoms with Gasteiger partial charge < -0.3 is 0 Å². The van der Waals surface area contributed by atoms with Crippen molar-refractivity contribution in [2.24, 2.45) is 0 Å². The first kappa shape index (κ1) is 15.3. The van der Waals surface area contributed by atoms with Crippen molar-refractivity contribution in [1.82, 2.24) is 19.7 Å². The van der Waals surface area contributed by atoms with Crippen LogP contribution in [0.15, 0.2) is 53.9 Å². The van der Waals surface area contributed by atoms with E-state index in [-0.39, 0.29) is 11.1 Å². The minimum absolute atomic E-state index is 0.225. The molecule has 0 N–H and O–H groups in total. The van der Waals surface area contributed by atoms with Crippen molar-refractivity contribution in [2.75, 3.05) is 0 Å². The monoisotopic (exact) mass is 340 g/mol. The second-order valence-electron chi connectivity index (χ2n) is 5.93. The number of rotatable bonds is 5. The number of aromatic nitrogens is 4. The van der Waals surface area contributed by atoms with Crippen LogP contribution in [0.3, 0.4) is 0 Å². The zero-order chi connectivity index (χ0) is 16.5. The first-order valence-corrected chi connectivity index (χ1v) is 8.88. The lowest BCUT2D eigenvalue weighted by Crippen LogP contribution is -2.02. The van der Waals surface area contributed by atoms with Crippen molar-refractivity contribution in [1.29, 1.82) is 0 Å². The fraction of sp³-hybridized carbons (Fsp3) is 0.278. The van der Waals surface area contributed by atoms with E-state index in [9.17, 15) is 4.39 Å². The summed E-state index contributed by atoms with van der Waals surface area (Å²) in [7, 11) is 0. The molecule has 1 aromatic carbocycles. The average molecular weight is 340 g/mol. The molecule has 4 rings (SSSR count). The molecule has 1 fully saturated rings. The van der Waals surface area contributed by atoms with Gasteiger partial charge in [0, 0.05) is 23.7 Å². The molecular formula is C18H17FN4S. The zero-order valence-electron chi connectivity index (χ0n) is 13.3. The van der Waals surface area contributed by atoms with Crippen molar-refractivity contribution in [2.45, 2.75) is 36.2 Å². The molecule has 1 aliphatic carbocycles. The van der Waals surface area contributed by atoms with Crippen LogP contribution in [0.1, 0.15) is 36.6 Å². The van der Waals surface area contributed by atoms with Gasteiger partial charge in [0.15, 0.2) is 11.0 Å². The van der Waals surface area contributed by atoms with Gasteiger partial charge in [-0.05, 0) is 49.6 Å². The van der Waals surface area contributed by atoms with Gasteiger partial charge in [-0.25, -0.2) is 4.39 Å². The van der Waals surface area contributed by atoms with Crippen molar-refractivity contribution in [3.05, 3.63) is 60.2 Å². The Bertz CT molecular complexity index is 845. The normalized spacial score (nSPS) is 15.4. The van der Waals surface area contributed by atoms with Gasteiger partial charge in [-0.2, -0.15) is 0 Å². The van der Waals surface area contributed by atoms with Crippen LogP contribution in [0.4, 0.5) is 4.39 Å². The summed E-state index contributed by atoms with van der Waals surface area (Å²) in [5.41, 5.74) is 1.70. The molecule has 0 amide bonds. The molecule has 0 spiro atoms. The van der Waals surface area contributed by atoms with E-state index in [4.69, 9.17) is 0 Å². The maximum Gasteiger partial charge on any atom is 0.192 e. The second kappa shape index (κ2) is 6.36. The molecule has 2 heterocycles. The number of pyridine rings is 1. The number of nitrogens with zero attached hydrogens (tertiary/aromatic N) is 4. The smallest absolute Gasteiger partial charge is 0.192 e. The average Bonchev–Trinajstić information content (AvgIpc) is 3.37. The lowest BCUT2D eigenvalue weighted by atomic mass is 10.2. The van der Waals surface area contributed by atoms with E-state index in [0.717, 1.165) is 18.0 Å². The highest BCUT2D eigenvalue weighted by atomic mass is 32.2. The number of hydrogen-bond acceptors (Lipinski definition) is 4. The molecule has 2 aromatic heterocycles. The molecule has 1 aliphatic rings. The number of hydrogen-bond donors (Lipinski definition) is 0. The highest BCUT2D eigenvalue weighted by Crippen LogP contribution is 2.44. The Morgan fingerprint density at radius 3 is 2.58 bits per heavy atom. The van der Waals surface area contributed by atoms with Crippen LogP contribution in [-0.4, -0.2) is 19.7 Å². The van der Waals surface area contributed by atoms with E-state index >= 15 is 0 Å². The molecule has 24 heavy (non-hydrogen) atoms. The lowest BCUT2D eigenvalue weighted by molar-refractivity contribution is 0.622. The zero-order valence-corrected chi connectivity index (χ0v) is 14.1. The Hall–Kier alpha value is -2.21. The van der Waals surface area contributed by atoms with E-state index in [1.807, 2.05) is 18.2 Å². The van der Waals surface area contributed by atoms with Gasteiger partial charge >= 0.3 is 0 Å². The fourth-order valence-corrected chi connectivity index (χ4v) is 3.75. The number of halogens is 1. The third kappa shape index (κ3) is 2.94. The first-order valence-electron chi connectivity index (χ1n) is 8.00. The highest BCUT2D eigenvalue weighted by Gasteiger charge is 2.31. The SMILES string of the molecule is CC(Sc1nnc(-c2ccccc2F)n1C1CC1)c1ccncc1. The predicted octanol–water partition coefficient (Wildman–Crippen LogP) is 4.67. The summed E-state index contributed by atoms with van der Waals surface area (Å²) in [4.78, 5) is 4.06. The summed E-state index contributed by atoms with van der Waals surface area (Å²) in [6.45, 7) is 2.13. The van der Waals surface area contributed by atoms with E-state index in [2.05, 4.69) is 26.7 Å². The van der Waals surface area contributed by atoms with Crippen LogP contribution >= 0.6 is 11.8 Å². The summed E-state index contributed by atoms with van der Waals surface area (Å²) >= 11 is 1.65. The van der Waals surface area contributed by atoms with E-state index < -0.39 is 0 Å². The number of benzene rings is 1. The quantitative estimate of drug-likeness (QED) is 0.633. The van der Waals surface area contributed by atoms with Gasteiger partial charge in [-0.15, -0.1) is 10.2 Å². The Labute approximate surface area is 144 Å². The highest BCUT2D eigenvalue weighted by molar-refractivity contribution is 7.99. The van der Waals surface area contributed by atoms with Crippen molar-refractivity contribution < 1.29 is 4.39 Å². The van der Waals surface area contributed by atoms with Gasteiger partial charge in [0.2, 0.25) is 0 Å². The molecule has 0 aliphatic heterocycles. The Morgan fingerprint density at radius 1 is 1.12 bits per heavy atom. The Morgan fingerprint density at radius 2 is 1.88 bits per heavy atom. The lowest BCUT2D eigenvalue weighted by Gasteiger charge is -2.13. The maximum atomic E-state index is 14.2. The van der Waals surface area contributed by atoms with Gasteiger partial charge in [0.1, 0.15) is 5.82 Å².